The van der Waals surface area contributed by atoms with Gasteiger partial charge in [-0.3, -0.25) is 4.79 Å². The Morgan fingerprint density at radius 2 is 1.57 bits per heavy atom. The zero-order valence-electron chi connectivity index (χ0n) is 6.83. The minimum Gasteiger partial charge on any atom is -0.381 e. The van der Waals surface area contributed by atoms with Gasteiger partial charge in [-0.05, 0) is 6.92 Å². The molecule has 0 aromatic rings. The third kappa shape index (κ3) is 2.17. The highest BCUT2D eigenvalue weighted by Gasteiger charge is 2.64. The average Bonchev–Trinajstić information content (AvgIpc) is 2.01. The smallest absolute Gasteiger partial charge is 0.381 e. The van der Waals surface area contributed by atoms with Gasteiger partial charge in [-0.2, -0.15) is 22.0 Å². The van der Waals surface area contributed by atoms with Gasteiger partial charge in [0.2, 0.25) is 0 Å². The fraction of sp³-hybridized carbons (Fsp3) is 0.833. The van der Waals surface area contributed by atoms with Crippen molar-refractivity contribution >= 4 is 5.78 Å². The predicted molar refractivity (Wildman–Crippen MR) is 32.6 cm³/mol. The number of carbonyl (C=O) groups excluding carboxylic acids is 1. The quantitative estimate of drug-likeness (QED) is 0.737. The summed E-state index contributed by atoms with van der Waals surface area (Å²) in [5.74, 6) is -8.66. The van der Waals surface area contributed by atoms with Gasteiger partial charge in [0.25, 0.3) is 0 Å². The summed E-state index contributed by atoms with van der Waals surface area (Å²) < 4.78 is 71.5. The number of alkyl halides is 6. The lowest BCUT2D eigenvalue weighted by Crippen LogP contribution is -2.56. The van der Waals surface area contributed by atoms with Crippen LogP contribution in [-0.4, -0.2) is 35.3 Å². The van der Waals surface area contributed by atoms with Crippen LogP contribution in [-0.2, 0) is 4.79 Å². The van der Waals surface area contributed by atoms with Crippen LogP contribution in [0.1, 0.15) is 6.92 Å². The van der Waals surface area contributed by atoms with Crippen molar-refractivity contribution in [2.24, 2.45) is 0 Å². The van der Waals surface area contributed by atoms with Gasteiger partial charge in [0.1, 0.15) is 6.67 Å². The molecule has 0 radical (unpaired) electrons. The predicted octanol–water partition coefficient (Wildman–Crippen LogP) is 1.47. The molecule has 84 valence electrons. The number of halogens is 6. The normalized spacial score (nSPS) is 17.7. The van der Waals surface area contributed by atoms with Crippen LogP contribution in [0.25, 0.3) is 0 Å². The van der Waals surface area contributed by atoms with Crippen LogP contribution >= 0.6 is 0 Å². The lowest BCUT2D eigenvalue weighted by atomic mass is 9.95. The fourth-order valence-electron chi connectivity index (χ4n) is 0.507. The molecule has 0 heterocycles. The van der Waals surface area contributed by atoms with E-state index in [2.05, 4.69) is 0 Å². The molecule has 14 heavy (non-hydrogen) atoms. The molecule has 0 aromatic carbocycles. The van der Waals surface area contributed by atoms with Gasteiger partial charge in [0, 0.05) is 0 Å². The van der Waals surface area contributed by atoms with Gasteiger partial charge >= 0.3 is 17.9 Å². The van der Waals surface area contributed by atoms with E-state index in [-0.39, 0.29) is 6.92 Å². The first-order valence-corrected chi connectivity index (χ1v) is 3.24. The Kier molecular flexibility index (Phi) is 3.22. The van der Waals surface area contributed by atoms with Crippen LogP contribution in [0.15, 0.2) is 0 Å². The van der Waals surface area contributed by atoms with Crippen molar-refractivity contribution in [2.45, 2.75) is 24.6 Å². The van der Waals surface area contributed by atoms with Crippen LogP contribution in [0.3, 0.4) is 0 Å². The Morgan fingerprint density at radius 3 is 1.79 bits per heavy atom. The Hall–Kier alpha value is -0.790. The van der Waals surface area contributed by atoms with E-state index in [0.29, 0.717) is 0 Å². The summed E-state index contributed by atoms with van der Waals surface area (Å²) in [6.07, 6.45) is -5.82. The van der Waals surface area contributed by atoms with Crippen LogP contribution < -0.4 is 0 Å². The number of ketones is 1. The van der Waals surface area contributed by atoms with E-state index in [1.165, 1.54) is 0 Å². The third-order valence-electron chi connectivity index (χ3n) is 1.48. The molecule has 0 bridgehead atoms. The molecule has 0 saturated carbocycles. The monoisotopic (exact) mass is 224 g/mol. The van der Waals surface area contributed by atoms with Gasteiger partial charge in [-0.1, -0.05) is 0 Å². The molecular formula is C6H6F6O2. The van der Waals surface area contributed by atoms with Crippen LogP contribution in [0, 0.1) is 0 Å². The second-order valence-electron chi connectivity index (χ2n) is 2.81. The van der Waals surface area contributed by atoms with Crippen molar-refractivity contribution in [3.05, 3.63) is 0 Å². The summed E-state index contributed by atoms with van der Waals surface area (Å²) in [6, 6.07) is 0. The molecule has 1 atom stereocenters. The van der Waals surface area contributed by atoms with Crippen LogP contribution in [0.4, 0.5) is 26.3 Å². The molecule has 1 N–H and O–H groups in total. The van der Waals surface area contributed by atoms with Crippen molar-refractivity contribution in [3.8, 4) is 0 Å². The Bertz CT molecular complexity index is 231. The molecule has 0 aliphatic rings. The van der Waals surface area contributed by atoms with Gasteiger partial charge in [-0.15, -0.1) is 0 Å². The lowest BCUT2D eigenvalue weighted by Gasteiger charge is -2.28. The first-order chi connectivity index (χ1) is 5.97. The molecule has 0 amide bonds. The van der Waals surface area contributed by atoms with Gasteiger partial charge in [0.05, 0.1) is 0 Å². The molecule has 1 unspecified atom stereocenters. The average molecular weight is 224 g/mol. The van der Waals surface area contributed by atoms with Crippen LogP contribution in [0.5, 0.6) is 0 Å². The van der Waals surface area contributed by atoms with Crippen molar-refractivity contribution in [1.29, 1.82) is 0 Å². The summed E-state index contributed by atoms with van der Waals surface area (Å²) in [6.45, 7) is -2.06. The summed E-state index contributed by atoms with van der Waals surface area (Å²) in [7, 11) is 0. The summed E-state index contributed by atoms with van der Waals surface area (Å²) in [5, 5.41) is 8.54. The van der Waals surface area contributed by atoms with E-state index < -0.39 is 30.2 Å². The van der Waals surface area contributed by atoms with Crippen molar-refractivity contribution in [1.82, 2.24) is 0 Å². The second kappa shape index (κ2) is 3.41. The van der Waals surface area contributed by atoms with Gasteiger partial charge in [0.15, 0.2) is 5.60 Å². The first-order valence-electron chi connectivity index (χ1n) is 3.24. The fourth-order valence-corrected chi connectivity index (χ4v) is 0.507. The van der Waals surface area contributed by atoms with E-state index in [0.717, 1.165) is 0 Å². The van der Waals surface area contributed by atoms with Crippen molar-refractivity contribution < 1.29 is 36.2 Å². The number of rotatable bonds is 3. The SMILES string of the molecule is CC(O)(CF)C(F)(F)C(=O)C(F)(F)F. The molecule has 0 spiro atoms. The molecular weight excluding hydrogens is 218 g/mol. The van der Waals surface area contributed by atoms with Crippen LogP contribution in [0.2, 0.25) is 0 Å². The molecule has 0 saturated heterocycles. The number of hydrogen-bond acceptors (Lipinski definition) is 2. The zero-order valence-corrected chi connectivity index (χ0v) is 6.83. The molecule has 0 aliphatic carbocycles. The molecule has 8 heteroatoms. The minimum absolute atomic E-state index is 0.108. The number of hydrogen-bond donors (Lipinski definition) is 1. The molecule has 2 nitrogen and oxygen atoms in total. The molecule has 0 aliphatic heterocycles. The maximum Gasteiger partial charge on any atom is 0.456 e. The summed E-state index contributed by atoms with van der Waals surface area (Å²) in [4.78, 5) is 10.1. The molecule has 0 fully saturated rings. The van der Waals surface area contributed by atoms with Gasteiger partial charge < -0.3 is 5.11 Å². The Morgan fingerprint density at radius 1 is 1.21 bits per heavy atom. The zero-order chi connectivity index (χ0) is 11.8. The van der Waals surface area contributed by atoms with E-state index in [4.69, 9.17) is 5.11 Å². The highest BCUT2D eigenvalue weighted by Crippen LogP contribution is 2.36. The maximum atomic E-state index is 12.5. The van der Waals surface area contributed by atoms with Crippen molar-refractivity contribution in [3.63, 3.8) is 0 Å². The molecule has 0 rings (SSSR count). The molecule has 0 aromatic heterocycles. The first kappa shape index (κ1) is 13.2. The number of carbonyl (C=O) groups is 1. The van der Waals surface area contributed by atoms with E-state index >= 15 is 0 Å². The van der Waals surface area contributed by atoms with E-state index in [9.17, 15) is 31.1 Å². The minimum atomic E-state index is -5.82. The number of Topliss-reactive ketones (excluding diaryl/α,β-unsaturated/α-hetero) is 1. The lowest BCUT2D eigenvalue weighted by molar-refractivity contribution is -0.226. The Balaban J connectivity index is 5.07. The van der Waals surface area contributed by atoms with E-state index in [1.54, 1.807) is 0 Å². The highest BCUT2D eigenvalue weighted by molar-refractivity contribution is 5.91. The largest absolute Gasteiger partial charge is 0.456 e. The maximum absolute atomic E-state index is 12.5. The van der Waals surface area contributed by atoms with Gasteiger partial charge in [-0.25, -0.2) is 4.39 Å². The topological polar surface area (TPSA) is 37.3 Å². The summed E-state index contributed by atoms with van der Waals surface area (Å²) in [5.41, 5.74) is -3.65. The van der Waals surface area contributed by atoms with E-state index in [1.807, 2.05) is 0 Å². The number of aliphatic hydroxyl groups is 1. The standard InChI is InChI=1S/C6H6F6O2/c1-4(14,2-7)5(8,9)3(13)6(10,11)12/h14H,2H2,1H3. The highest BCUT2D eigenvalue weighted by atomic mass is 19.4. The summed E-state index contributed by atoms with van der Waals surface area (Å²) >= 11 is 0. The Labute approximate surface area is 74.5 Å². The third-order valence-corrected chi connectivity index (χ3v) is 1.48. The second-order valence-corrected chi connectivity index (χ2v) is 2.81. The van der Waals surface area contributed by atoms with Crippen molar-refractivity contribution in [2.75, 3.05) is 6.67 Å².